The second kappa shape index (κ2) is 12.9. The molecule has 3 heteroatoms. The van der Waals surface area contributed by atoms with Gasteiger partial charge in [0.25, 0.3) is 0 Å². The molecular weight excluding hydrogens is 358 g/mol. The average Bonchev–Trinajstić information content (AvgIpc) is 2.75. The number of hydrogen-bond acceptors (Lipinski definition) is 2. The Labute approximate surface area is 174 Å². The number of aromatic nitrogens is 1. The first kappa shape index (κ1) is 23.7. The summed E-state index contributed by atoms with van der Waals surface area (Å²) in [5.41, 5.74) is 2.90. The van der Waals surface area contributed by atoms with Crippen LogP contribution in [0, 0.1) is 0 Å². The van der Waals surface area contributed by atoms with Crippen LogP contribution in [0.4, 0.5) is 0 Å². The van der Waals surface area contributed by atoms with E-state index in [1.54, 1.807) is 4.57 Å². The fourth-order valence-electron chi connectivity index (χ4n) is 2.52. The molecule has 1 aromatic heterocycles. The Morgan fingerprint density at radius 3 is 2.48 bits per heavy atom. The van der Waals surface area contributed by atoms with E-state index in [4.69, 9.17) is 0 Å². The van der Waals surface area contributed by atoms with Gasteiger partial charge in [-0.25, -0.2) is 0 Å². The Kier molecular flexibility index (Phi) is 10.6. The molecule has 1 N–H and O–H groups in total. The zero-order valence-electron chi connectivity index (χ0n) is 17.6. The Hall–Kier alpha value is -3.33. The van der Waals surface area contributed by atoms with E-state index in [0.717, 1.165) is 24.0 Å². The fourth-order valence-corrected chi connectivity index (χ4v) is 2.52. The first-order valence-corrected chi connectivity index (χ1v) is 9.85. The Balaban J connectivity index is 0.00000204. The van der Waals surface area contributed by atoms with Crippen LogP contribution >= 0.6 is 0 Å². The van der Waals surface area contributed by atoms with Crippen LogP contribution in [-0.4, -0.2) is 9.67 Å². The van der Waals surface area contributed by atoms with E-state index < -0.39 is 5.43 Å². The van der Waals surface area contributed by atoms with E-state index in [1.165, 1.54) is 12.3 Å². The number of rotatable bonds is 8. The largest absolute Gasteiger partial charge is 0.503 e. The second-order valence-corrected chi connectivity index (χ2v) is 6.17. The normalized spacial score (nSPS) is 11.3. The third-order valence-electron chi connectivity index (χ3n) is 3.98. The minimum absolute atomic E-state index is 0.305. The van der Waals surface area contributed by atoms with Gasteiger partial charge in [-0.15, -0.1) is 6.58 Å². The lowest BCUT2D eigenvalue weighted by Gasteiger charge is -2.14. The van der Waals surface area contributed by atoms with E-state index in [9.17, 15) is 9.90 Å². The second-order valence-electron chi connectivity index (χ2n) is 6.17. The molecule has 0 bridgehead atoms. The van der Waals surface area contributed by atoms with E-state index in [0.29, 0.717) is 11.4 Å². The van der Waals surface area contributed by atoms with Crippen LogP contribution in [0.25, 0.3) is 17.0 Å². The van der Waals surface area contributed by atoms with Crippen LogP contribution < -0.4 is 5.43 Å². The summed E-state index contributed by atoms with van der Waals surface area (Å²) in [5.74, 6) is -0.305. The summed E-state index contributed by atoms with van der Waals surface area (Å²) in [6.45, 7) is 13.8. The molecule has 29 heavy (non-hydrogen) atoms. The van der Waals surface area contributed by atoms with E-state index >= 15 is 0 Å². The summed E-state index contributed by atoms with van der Waals surface area (Å²) >= 11 is 0. The molecule has 2 rings (SSSR count). The highest BCUT2D eigenvalue weighted by molar-refractivity contribution is 5.68. The number of nitrogens with zero attached hydrogens (tertiary/aromatic N) is 1. The number of pyridine rings is 1. The first-order valence-electron chi connectivity index (χ1n) is 9.85. The van der Waals surface area contributed by atoms with Crippen LogP contribution in [0.15, 0.2) is 103 Å². The van der Waals surface area contributed by atoms with Crippen molar-refractivity contribution < 1.29 is 5.11 Å². The Morgan fingerprint density at radius 1 is 1.14 bits per heavy atom. The van der Waals surface area contributed by atoms with Crippen LogP contribution in [-0.2, 0) is 0 Å². The van der Waals surface area contributed by atoms with Gasteiger partial charge in [-0.05, 0) is 31.4 Å². The molecule has 0 unspecified atom stereocenters. The van der Waals surface area contributed by atoms with Crippen LogP contribution in [0.1, 0.15) is 33.6 Å². The third-order valence-corrected chi connectivity index (χ3v) is 3.98. The van der Waals surface area contributed by atoms with E-state index in [-0.39, 0.29) is 5.75 Å². The van der Waals surface area contributed by atoms with Crippen molar-refractivity contribution in [2.75, 3.05) is 0 Å². The maximum atomic E-state index is 11.9. The summed E-state index contributed by atoms with van der Waals surface area (Å²) in [4.78, 5) is 11.9. The van der Waals surface area contributed by atoms with Crippen molar-refractivity contribution in [1.82, 2.24) is 4.57 Å². The van der Waals surface area contributed by atoms with Crippen molar-refractivity contribution in [2.24, 2.45) is 0 Å². The quantitative estimate of drug-likeness (QED) is 0.308. The van der Waals surface area contributed by atoms with Gasteiger partial charge in [0.15, 0.2) is 5.75 Å². The number of benzene rings is 1. The van der Waals surface area contributed by atoms with Gasteiger partial charge in [-0.3, -0.25) is 4.79 Å². The number of unbranched alkanes of at least 4 members (excludes halogenated alkanes) is 1. The van der Waals surface area contributed by atoms with Gasteiger partial charge in [0.1, 0.15) is 0 Å². The maximum absolute atomic E-state index is 11.9. The zero-order chi connectivity index (χ0) is 21.6. The smallest absolute Gasteiger partial charge is 0.223 e. The van der Waals surface area contributed by atoms with Gasteiger partial charge >= 0.3 is 0 Å². The Bertz CT molecular complexity index is 944. The molecule has 0 fully saturated rings. The minimum atomic E-state index is -0.415. The molecule has 0 saturated carbocycles. The predicted molar refractivity (Wildman–Crippen MR) is 126 cm³/mol. The van der Waals surface area contributed by atoms with Crippen LogP contribution in [0.5, 0.6) is 5.75 Å². The monoisotopic (exact) mass is 389 g/mol. The fraction of sp³-hybridized carbons (Fsp3) is 0.192. The third kappa shape index (κ3) is 7.67. The summed E-state index contributed by atoms with van der Waals surface area (Å²) in [6.07, 6.45) is 15.2. The van der Waals surface area contributed by atoms with Crippen molar-refractivity contribution in [3.8, 4) is 17.0 Å². The molecule has 1 heterocycles. The van der Waals surface area contributed by atoms with Crippen molar-refractivity contribution in [3.63, 3.8) is 0 Å². The van der Waals surface area contributed by atoms with E-state index in [2.05, 4.69) is 25.3 Å². The highest BCUT2D eigenvalue weighted by Gasteiger charge is 2.08. The van der Waals surface area contributed by atoms with Crippen LogP contribution in [0.3, 0.4) is 0 Å². The number of allylic oxidation sites excluding steroid dienone is 8. The molecule has 0 saturated heterocycles. The van der Waals surface area contributed by atoms with Crippen molar-refractivity contribution in [2.45, 2.75) is 33.6 Å². The molecule has 152 valence electrons. The van der Waals surface area contributed by atoms with Crippen LogP contribution in [0.2, 0.25) is 0 Å². The van der Waals surface area contributed by atoms with Gasteiger partial charge < -0.3 is 9.67 Å². The predicted octanol–water partition coefficient (Wildman–Crippen LogP) is 6.74. The minimum Gasteiger partial charge on any atom is -0.503 e. The lowest BCUT2D eigenvalue weighted by atomic mass is 10.1. The van der Waals surface area contributed by atoms with Gasteiger partial charge in [0.05, 0.1) is 11.9 Å². The summed E-state index contributed by atoms with van der Waals surface area (Å²) < 4.78 is 1.71. The van der Waals surface area contributed by atoms with Gasteiger partial charge in [-0.2, -0.15) is 0 Å². The average molecular weight is 390 g/mol. The number of aromatic hydroxyl groups is 1. The number of hydrogen-bond donors (Lipinski definition) is 1. The molecular formula is C26H31NO2. The SMILES string of the molecule is C=CCC/C=C/C(C)=C/C=C\C(=C)n1cc(O)c(=O)cc1-c1ccccc1.CC. The lowest BCUT2D eigenvalue weighted by molar-refractivity contribution is 0.466. The molecule has 0 aliphatic rings. The van der Waals surface area contributed by atoms with Crippen molar-refractivity contribution >= 4 is 5.70 Å². The lowest BCUT2D eigenvalue weighted by Crippen LogP contribution is -2.08. The summed E-state index contributed by atoms with van der Waals surface area (Å²) in [5, 5.41) is 9.85. The zero-order valence-corrected chi connectivity index (χ0v) is 17.6. The summed E-state index contributed by atoms with van der Waals surface area (Å²) in [7, 11) is 0. The topological polar surface area (TPSA) is 42.2 Å². The van der Waals surface area contributed by atoms with Crippen molar-refractivity contribution in [1.29, 1.82) is 0 Å². The first-order chi connectivity index (χ1) is 14.0. The highest BCUT2D eigenvalue weighted by Crippen LogP contribution is 2.23. The molecule has 0 amide bonds. The maximum Gasteiger partial charge on any atom is 0.223 e. The van der Waals surface area contributed by atoms with Gasteiger partial charge in [-0.1, -0.05) is 86.7 Å². The van der Waals surface area contributed by atoms with Gasteiger partial charge in [0.2, 0.25) is 5.43 Å². The molecule has 0 spiro atoms. The van der Waals surface area contributed by atoms with E-state index in [1.807, 2.05) is 75.4 Å². The Morgan fingerprint density at radius 2 is 1.83 bits per heavy atom. The van der Waals surface area contributed by atoms with Gasteiger partial charge in [0, 0.05) is 11.8 Å². The molecule has 0 aliphatic carbocycles. The molecule has 3 nitrogen and oxygen atoms in total. The van der Waals surface area contributed by atoms with Crippen molar-refractivity contribution in [3.05, 3.63) is 108 Å². The standard InChI is InChI=1S/C24H25NO2.C2H6/c1-4-5-6-8-12-19(2)13-11-14-20(3)25-18-24(27)23(26)17-22(25)21-15-9-7-10-16-21;1-2/h4,7-18,27H,1,3,5-6H2,2H3;1-2H3/b12-8+,14-11-,19-13+;. The highest BCUT2D eigenvalue weighted by atomic mass is 16.3. The molecule has 0 radical (unpaired) electrons. The molecule has 2 aromatic rings. The molecule has 1 aromatic carbocycles. The summed E-state index contributed by atoms with van der Waals surface area (Å²) in [6, 6.07) is 11.0. The molecule has 0 atom stereocenters. The molecule has 0 aliphatic heterocycles.